The summed E-state index contributed by atoms with van der Waals surface area (Å²) in [5, 5.41) is 14.6. The van der Waals surface area contributed by atoms with Crippen molar-refractivity contribution >= 4 is 41.3 Å². The lowest BCUT2D eigenvalue weighted by Gasteiger charge is -2.35. The molecule has 13 nitrogen and oxygen atoms in total. The van der Waals surface area contributed by atoms with Gasteiger partial charge in [0.2, 0.25) is 17.6 Å². The highest BCUT2D eigenvalue weighted by molar-refractivity contribution is 7.10. The Morgan fingerprint density at radius 1 is 1.09 bits per heavy atom. The number of likely N-dealkylation sites (tertiary alicyclic amines) is 1. The van der Waals surface area contributed by atoms with Gasteiger partial charge in [-0.3, -0.25) is 19.3 Å². The first-order valence-electron chi connectivity index (χ1n) is 16.1. The highest BCUT2D eigenvalue weighted by Crippen LogP contribution is 2.36. The Bertz CT molecular complexity index is 1380. The zero-order chi connectivity index (χ0) is 33.8. The number of aromatic nitrogens is 1. The van der Waals surface area contributed by atoms with Crippen LogP contribution < -0.4 is 10.1 Å². The van der Waals surface area contributed by atoms with Crippen LogP contribution in [-0.2, 0) is 23.9 Å². The highest BCUT2D eigenvalue weighted by Gasteiger charge is 2.40. The number of ether oxygens (including phenoxy) is 3. The molecule has 1 aromatic heterocycles. The van der Waals surface area contributed by atoms with E-state index in [1.807, 2.05) is 0 Å². The quantitative estimate of drug-likeness (QED) is 0.144. The van der Waals surface area contributed by atoms with Gasteiger partial charge in [0, 0.05) is 24.5 Å². The third-order valence-electron chi connectivity index (χ3n) is 8.67. The van der Waals surface area contributed by atoms with E-state index in [9.17, 15) is 29.1 Å². The molecule has 2 heterocycles. The summed E-state index contributed by atoms with van der Waals surface area (Å²) in [6.07, 6.45) is 5.53. The molecule has 2 fully saturated rings. The molecule has 3 atom stereocenters. The van der Waals surface area contributed by atoms with E-state index >= 15 is 0 Å². The summed E-state index contributed by atoms with van der Waals surface area (Å²) < 4.78 is 16.2. The molecule has 3 amide bonds. The SMILES string of the molecule is CC(C(=O)N[C@H](C(=O)N1CCCC1c1nc(C(=O)c2cccc(OCCOCCOCC=O)c2)cs1)C1CCCCC1)N(C)C(=O)O. The van der Waals surface area contributed by atoms with Crippen molar-refractivity contribution in [2.45, 2.75) is 70.0 Å². The average molecular weight is 673 g/mol. The van der Waals surface area contributed by atoms with Crippen LogP contribution in [0.2, 0.25) is 0 Å². The molecule has 1 aliphatic heterocycles. The molecule has 0 spiro atoms. The predicted molar refractivity (Wildman–Crippen MR) is 173 cm³/mol. The molecule has 0 radical (unpaired) electrons. The van der Waals surface area contributed by atoms with Crippen LogP contribution in [0.25, 0.3) is 0 Å². The number of carbonyl (C=O) groups is 5. The van der Waals surface area contributed by atoms with Gasteiger partial charge in [-0.25, -0.2) is 9.78 Å². The van der Waals surface area contributed by atoms with Crippen LogP contribution in [0.4, 0.5) is 4.79 Å². The lowest BCUT2D eigenvalue weighted by atomic mass is 9.83. The number of carboxylic acid groups (broad SMARTS) is 1. The predicted octanol–water partition coefficient (Wildman–Crippen LogP) is 3.71. The molecule has 1 aromatic carbocycles. The van der Waals surface area contributed by atoms with Crippen molar-refractivity contribution in [2.75, 3.05) is 46.6 Å². The minimum absolute atomic E-state index is 0.0356. The summed E-state index contributed by atoms with van der Waals surface area (Å²) in [4.78, 5) is 69.7. The molecular weight excluding hydrogens is 628 g/mol. The summed E-state index contributed by atoms with van der Waals surface area (Å²) in [7, 11) is 1.33. The minimum atomic E-state index is -1.22. The number of nitrogens with zero attached hydrogens (tertiary/aromatic N) is 3. The van der Waals surface area contributed by atoms with E-state index in [-0.39, 0.29) is 42.6 Å². The summed E-state index contributed by atoms with van der Waals surface area (Å²) in [5.74, 6) is -0.485. The number of carbonyl (C=O) groups excluding carboxylic acids is 4. The summed E-state index contributed by atoms with van der Waals surface area (Å²) >= 11 is 1.33. The van der Waals surface area contributed by atoms with Crippen molar-refractivity contribution in [3.8, 4) is 5.75 Å². The standard InChI is InChI=1S/C33H44N4O9S/c1-22(36(2)33(42)43)30(40)35-28(23-8-4-3-5-9-23)32(41)37-13-7-12-27(37)31-34-26(21-47-31)29(39)24-10-6-11-25(20-24)46-19-18-45-17-16-44-15-14-38/h6,10-11,14,20-23,27-28H,3-5,7-9,12-13,15-19H2,1-2H3,(H,35,40)(H,42,43)/t22?,27?,28-/m0/s1. The number of amides is 3. The zero-order valence-electron chi connectivity index (χ0n) is 26.9. The van der Waals surface area contributed by atoms with Gasteiger partial charge in [0.1, 0.15) is 48.0 Å². The van der Waals surface area contributed by atoms with Gasteiger partial charge in [-0.2, -0.15) is 0 Å². The van der Waals surface area contributed by atoms with E-state index in [0.29, 0.717) is 55.4 Å². The number of hydrogen-bond acceptors (Lipinski definition) is 10. The second kappa shape index (κ2) is 17.9. The summed E-state index contributed by atoms with van der Waals surface area (Å²) in [5.41, 5.74) is 0.699. The molecule has 2 N–H and O–H groups in total. The third-order valence-corrected chi connectivity index (χ3v) is 9.62. The van der Waals surface area contributed by atoms with Gasteiger partial charge < -0.3 is 34.3 Å². The Morgan fingerprint density at radius 2 is 1.83 bits per heavy atom. The number of ketones is 1. The lowest BCUT2D eigenvalue weighted by molar-refractivity contribution is -0.140. The third kappa shape index (κ3) is 9.81. The van der Waals surface area contributed by atoms with E-state index in [4.69, 9.17) is 14.2 Å². The second-order valence-electron chi connectivity index (χ2n) is 11.8. The van der Waals surface area contributed by atoms with Gasteiger partial charge >= 0.3 is 6.09 Å². The maximum absolute atomic E-state index is 14.1. The number of aldehydes is 1. The molecule has 2 aliphatic rings. The molecule has 2 aromatic rings. The smallest absolute Gasteiger partial charge is 0.407 e. The molecule has 14 heteroatoms. The van der Waals surface area contributed by atoms with Crippen molar-refractivity contribution in [3.63, 3.8) is 0 Å². The van der Waals surface area contributed by atoms with Gasteiger partial charge in [-0.1, -0.05) is 31.4 Å². The average Bonchev–Trinajstić information content (AvgIpc) is 3.78. The molecule has 1 saturated carbocycles. The summed E-state index contributed by atoms with van der Waals surface area (Å²) in [6, 6.07) is 4.79. The lowest BCUT2D eigenvalue weighted by Crippen LogP contribution is -2.56. The Labute approximate surface area is 278 Å². The van der Waals surface area contributed by atoms with Gasteiger partial charge in [-0.05, 0) is 50.7 Å². The molecule has 4 rings (SSSR count). The Balaban J connectivity index is 1.40. The number of nitrogens with one attached hydrogen (secondary N) is 1. The fourth-order valence-electron chi connectivity index (χ4n) is 5.92. The van der Waals surface area contributed by atoms with Gasteiger partial charge in [0.25, 0.3) is 0 Å². The van der Waals surface area contributed by atoms with Gasteiger partial charge in [0.05, 0.1) is 25.9 Å². The Hall–Kier alpha value is -3.88. The van der Waals surface area contributed by atoms with Gasteiger partial charge in [0.15, 0.2) is 0 Å². The van der Waals surface area contributed by atoms with E-state index < -0.39 is 24.1 Å². The number of hydrogen-bond donors (Lipinski definition) is 2. The molecule has 256 valence electrons. The van der Waals surface area contributed by atoms with E-state index in [2.05, 4.69) is 10.3 Å². The van der Waals surface area contributed by atoms with Crippen molar-refractivity contribution in [3.05, 3.63) is 45.9 Å². The molecule has 2 unspecified atom stereocenters. The molecular formula is C33H44N4O9S. The Kier molecular flexibility index (Phi) is 13.7. The van der Waals surface area contributed by atoms with Crippen molar-refractivity contribution < 1.29 is 43.3 Å². The van der Waals surface area contributed by atoms with Gasteiger partial charge in [-0.15, -0.1) is 11.3 Å². The van der Waals surface area contributed by atoms with Crippen LogP contribution >= 0.6 is 11.3 Å². The first-order chi connectivity index (χ1) is 22.7. The number of rotatable bonds is 17. The molecule has 47 heavy (non-hydrogen) atoms. The van der Waals surface area contributed by atoms with Crippen LogP contribution in [0.15, 0.2) is 29.6 Å². The fraction of sp³-hybridized carbons (Fsp3) is 0.576. The van der Waals surface area contributed by atoms with Crippen LogP contribution in [0.3, 0.4) is 0 Å². The first kappa shape index (κ1) is 36.0. The van der Waals surface area contributed by atoms with E-state index in [1.54, 1.807) is 34.5 Å². The Morgan fingerprint density at radius 3 is 2.57 bits per heavy atom. The van der Waals surface area contributed by atoms with Crippen molar-refractivity contribution in [1.82, 2.24) is 20.1 Å². The monoisotopic (exact) mass is 672 g/mol. The highest BCUT2D eigenvalue weighted by atomic mass is 32.1. The number of benzene rings is 1. The first-order valence-corrected chi connectivity index (χ1v) is 17.0. The largest absolute Gasteiger partial charge is 0.491 e. The second-order valence-corrected chi connectivity index (χ2v) is 12.7. The zero-order valence-corrected chi connectivity index (χ0v) is 27.7. The molecule has 1 aliphatic carbocycles. The fourth-order valence-corrected chi connectivity index (χ4v) is 6.87. The normalized spacial score (nSPS) is 17.9. The maximum atomic E-state index is 14.1. The van der Waals surface area contributed by atoms with Crippen molar-refractivity contribution in [2.24, 2.45) is 5.92 Å². The van der Waals surface area contributed by atoms with E-state index in [1.165, 1.54) is 25.3 Å². The van der Waals surface area contributed by atoms with Crippen LogP contribution in [0.1, 0.15) is 79.0 Å². The van der Waals surface area contributed by atoms with Crippen molar-refractivity contribution in [1.29, 1.82) is 0 Å². The number of thiazole rings is 1. The summed E-state index contributed by atoms with van der Waals surface area (Å²) in [6.45, 7) is 3.29. The van der Waals surface area contributed by atoms with Crippen LogP contribution in [0.5, 0.6) is 5.75 Å². The maximum Gasteiger partial charge on any atom is 0.407 e. The van der Waals surface area contributed by atoms with Crippen LogP contribution in [-0.4, -0.2) is 109 Å². The van der Waals surface area contributed by atoms with Crippen LogP contribution in [0, 0.1) is 5.92 Å². The minimum Gasteiger partial charge on any atom is -0.491 e. The number of likely N-dealkylation sites (N-methyl/N-ethyl adjacent to an activating group) is 1. The van der Waals surface area contributed by atoms with E-state index in [0.717, 1.165) is 43.4 Å². The topological polar surface area (TPSA) is 165 Å². The molecule has 1 saturated heterocycles. The molecule has 0 bridgehead atoms.